The summed E-state index contributed by atoms with van der Waals surface area (Å²) in [6, 6.07) is 9.28. The van der Waals surface area contributed by atoms with Gasteiger partial charge in [0.25, 0.3) is 0 Å². The molecule has 21 heavy (non-hydrogen) atoms. The lowest BCUT2D eigenvalue weighted by Gasteiger charge is -2.38. The van der Waals surface area contributed by atoms with Crippen LogP contribution >= 0.6 is 7.52 Å². The van der Waals surface area contributed by atoms with Crippen molar-refractivity contribution in [1.82, 2.24) is 0 Å². The van der Waals surface area contributed by atoms with Crippen molar-refractivity contribution < 1.29 is 13.8 Å². The zero-order valence-corrected chi connectivity index (χ0v) is 13.6. The zero-order valence-electron chi connectivity index (χ0n) is 12.7. The highest BCUT2D eigenvalue weighted by atomic mass is 31.2. The summed E-state index contributed by atoms with van der Waals surface area (Å²) < 4.78 is 24.4. The SMILES string of the molecule is CCOP(N)(=O)C1(Oc2ccccc2)C=C(C)C=C(C)C1. The molecule has 0 radical (unpaired) electrons. The van der Waals surface area contributed by atoms with Crippen LogP contribution in [0.3, 0.4) is 0 Å². The van der Waals surface area contributed by atoms with Crippen molar-refractivity contribution in [3.8, 4) is 5.75 Å². The molecule has 0 aliphatic heterocycles. The molecule has 2 rings (SSSR count). The van der Waals surface area contributed by atoms with Gasteiger partial charge < -0.3 is 9.26 Å². The van der Waals surface area contributed by atoms with Gasteiger partial charge in [0.1, 0.15) is 5.75 Å². The van der Waals surface area contributed by atoms with Crippen LogP contribution < -0.4 is 10.2 Å². The first-order valence-electron chi connectivity index (χ1n) is 7.02. The fourth-order valence-corrected chi connectivity index (χ4v) is 4.30. The van der Waals surface area contributed by atoms with Crippen LogP contribution in [0.25, 0.3) is 0 Å². The normalized spacial score (nSPS) is 24.8. The average molecular weight is 307 g/mol. The molecule has 1 aromatic carbocycles. The highest BCUT2D eigenvalue weighted by Crippen LogP contribution is 2.58. The van der Waals surface area contributed by atoms with Gasteiger partial charge in [0.05, 0.1) is 6.61 Å². The van der Waals surface area contributed by atoms with Crippen LogP contribution in [0.15, 0.2) is 53.6 Å². The molecule has 0 amide bonds. The van der Waals surface area contributed by atoms with Crippen molar-refractivity contribution in [2.45, 2.75) is 32.5 Å². The molecule has 0 fully saturated rings. The Kier molecular flexibility index (Phi) is 4.72. The standard InChI is InChI=1S/C16H22NO3P/c1-4-19-21(17,18)16(11-13(2)10-14(3)12-16)20-15-8-6-5-7-9-15/h5-11H,4,12H2,1-3H3,(H2,17,18). The third kappa shape index (κ3) is 3.46. The maximum Gasteiger partial charge on any atom is 0.314 e. The number of rotatable bonds is 5. The van der Waals surface area contributed by atoms with Crippen LogP contribution in [0.1, 0.15) is 27.2 Å². The molecule has 2 N–H and O–H groups in total. The van der Waals surface area contributed by atoms with E-state index in [4.69, 9.17) is 14.8 Å². The summed E-state index contributed by atoms with van der Waals surface area (Å²) >= 11 is 0. The van der Waals surface area contributed by atoms with Crippen LogP contribution in [-0.4, -0.2) is 11.9 Å². The lowest BCUT2D eigenvalue weighted by Crippen LogP contribution is -2.39. The minimum Gasteiger partial charge on any atom is -0.471 e. The van der Waals surface area contributed by atoms with E-state index in [0.717, 1.165) is 11.1 Å². The second-order valence-electron chi connectivity index (χ2n) is 5.33. The minimum absolute atomic E-state index is 0.281. The second kappa shape index (κ2) is 6.18. The van der Waals surface area contributed by atoms with E-state index in [1.807, 2.05) is 56.3 Å². The van der Waals surface area contributed by atoms with Gasteiger partial charge in [-0.2, -0.15) is 0 Å². The van der Waals surface area contributed by atoms with Crippen molar-refractivity contribution in [2.24, 2.45) is 5.50 Å². The first-order chi connectivity index (χ1) is 9.88. The summed E-state index contributed by atoms with van der Waals surface area (Å²) in [4.78, 5) is 0. The Balaban J connectivity index is 2.46. The molecule has 0 saturated carbocycles. The third-order valence-electron chi connectivity index (χ3n) is 3.35. The molecule has 0 bridgehead atoms. The molecule has 5 heteroatoms. The van der Waals surface area contributed by atoms with Crippen LogP contribution in [0.5, 0.6) is 5.75 Å². The van der Waals surface area contributed by atoms with Crippen LogP contribution in [0.4, 0.5) is 0 Å². The molecule has 4 nitrogen and oxygen atoms in total. The zero-order chi connectivity index (χ0) is 15.5. The van der Waals surface area contributed by atoms with E-state index in [-0.39, 0.29) is 6.61 Å². The van der Waals surface area contributed by atoms with E-state index in [1.54, 1.807) is 6.92 Å². The molecular weight excluding hydrogens is 285 g/mol. The highest BCUT2D eigenvalue weighted by Gasteiger charge is 2.49. The van der Waals surface area contributed by atoms with Gasteiger partial charge in [0, 0.05) is 6.42 Å². The summed E-state index contributed by atoms with van der Waals surface area (Å²) in [5, 5.41) is -1.15. The van der Waals surface area contributed by atoms with Gasteiger partial charge in [0.15, 0.2) is 0 Å². The van der Waals surface area contributed by atoms with Gasteiger partial charge in [-0.3, -0.25) is 10.1 Å². The molecule has 1 aliphatic rings. The van der Waals surface area contributed by atoms with Crippen molar-refractivity contribution in [3.63, 3.8) is 0 Å². The lowest BCUT2D eigenvalue weighted by atomic mass is 9.98. The molecular formula is C16H22NO3P. The van der Waals surface area contributed by atoms with Crippen molar-refractivity contribution in [2.75, 3.05) is 6.61 Å². The van der Waals surface area contributed by atoms with Crippen LogP contribution in [0, 0.1) is 0 Å². The maximum absolute atomic E-state index is 12.9. The third-order valence-corrected chi connectivity index (χ3v) is 5.42. The molecule has 2 unspecified atom stereocenters. The summed E-state index contributed by atoms with van der Waals surface area (Å²) in [6.45, 7) is 5.98. The van der Waals surface area contributed by atoms with Gasteiger partial charge in [-0.1, -0.05) is 35.4 Å². The lowest BCUT2D eigenvalue weighted by molar-refractivity contribution is 0.167. The molecule has 1 aromatic rings. The molecule has 1 aliphatic carbocycles. The Morgan fingerprint density at radius 2 is 1.95 bits per heavy atom. The van der Waals surface area contributed by atoms with E-state index in [9.17, 15) is 4.57 Å². The van der Waals surface area contributed by atoms with E-state index >= 15 is 0 Å². The summed E-state index contributed by atoms with van der Waals surface area (Å²) in [5.41, 5.74) is 8.08. The Labute approximate surface area is 126 Å². The maximum atomic E-state index is 12.9. The molecule has 114 valence electrons. The van der Waals surface area contributed by atoms with Gasteiger partial charge >= 0.3 is 7.52 Å². The summed E-state index contributed by atoms with van der Waals surface area (Å²) in [7, 11) is -3.48. The Hall–Kier alpha value is -1.35. The molecule has 2 atom stereocenters. The predicted molar refractivity (Wildman–Crippen MR) is 85.4 cm³/mol. The monoisotopic (exact) mass is 307 g/mol. The molecule has 0 aromatic heterocycles. The summed E-state index contributed by atoms with van der Waals surface area (Å²) in [6.07, 6.45) is 4.31. The highest BCUT2D eigenvalue weighted by molar-refractivity contribution is 7.58. The first-order valence-corrected chi connectivity index (χ1v) is 8.72. The van der Waals surface area contributed by atoms with E-state index in [0.29, 0.717) is 12.2 Å². The van der Waals surface area contributed by atoms with E-state index in [1.165, 1.54) is 0 Å². The number of benzene rings is 1. The average Bonchev–Trinajstić information content (AvgIpc) is 2.38. The molecule has 0 saturated heterocycles. The van der Waals surface area contributed by atoms with Crippen molar-refractivity contribution in [1.29, 1.82) is 0 Å². The number of hydrogen-bond donors (Lipinski definition) is 1. The minimum atomic E-state index is -3.48. The Morgan fingerprint density at radius 3 is 2.52 bits per heavy atom. The molecule has 0 heterocycles. The van der Waals surface area contributed by atoms with E-state index in [2.05, 4.69) is 0 Å². The Bertz CT molecular complexity index is 609. The fourth-order valence-electron chi connectivity index (χ4n) is 2.61. The van der Waals surface area contributed by atoms with Crippen molar-refractivity contribution >= 4 is 7.52 Å². The number of allylic oxidation sites excluding steroid dienone is 2. The molecule has 0 spiro atoms. The first kappa shape index (κ1) is 16.0. The van der Waals surface area contributed by atoms with Gasteiger partial charge in [-0.05, 0) is 39.0 Å². The topological polar surface area (TPSA) is 61.5 Å². The smallest absolute Gasteiger partial charge is 0.314 e. The van der Waals surface area contributed by atoms with Crippen LogP contribution in [-0.2, 0) is 9.09 Å². The number of para-hydroxylation sites is 1. The quantitative estimate of drug-likeness (QED) is 0.826. The fraction of sp³-hybridized carbons (Fsp3) is 0.375. The second-order valence-corrected chi connectivity index (χ2v) is 7.54. The number of ether oxygens (including phenoxy) is 1. The Morgan fingerprint density at radius 1 is 1.29 bits per heavy atom. The van der Waals surface area contributed by atoms with Gasteiger partial charge in [0.2, 0.25) is 5.34 Å². The number of hydrogen-bond acceptors (Lipinski definition) is 3. The predicted octanol–water partition coefficient (Wildman–Crippen LogP) is 4.25. The van der Waals surface area contributed by atoms with Crippen molar-refractivity contribution in [3.05, 3.63) is 53.6 Å². The van der Waals surface area contributed by atoms with Gasteiger partial charge in [-0.25, -0.2) is 0 Å². The number of nitrogens with two attached hydrogens (primary N) is 1. The van der Waals surface area contributed by atoms with E-state index < -0.39 is 12.9 Å². The largest absolute Gasteiger partial charge is 0.471 e. The van der Waals surface area contributed by atoms with Gasteiger partial charge in [-0.15, -0.1) is 0 Å². The van der Waals surface area contributed by atoms with Crippen LogP contribution in [0.2, 0.25) is 0 Å². The summed E-state index contributed by atoms with van der Waals surface area (Å²) in [5.74, 6) is 0.627.